The van der Waals surface area contributed by atoms with Crippen molar-refractivity contribution in [1.82, 2.24) is 0 Å². The fraction of sp³-hybridized carbons (Fsp3) is 0.368. The van der Waals surface area contributed by atoms with Crippen LogP contribution in [0.15, 0.2) is 58.8 Å². The summed E-state index contributed by atoms with van der Waals surface area (Å²) in [5.74, 6) is 0.851. The van der Waals surface area contributed by atoms with Gasteiger partial charge in [0.2, 0.25) is 0 Å². The van der Waals surface area contributed by atoms with Gasteiger partial charge in [0.05, 0.1) is 24.6 Å². The van der Waals surface area contributed by atoms with Crippen LogP contribution in [0.25, 0.3) is 0 Å². The molecule has 128 valence electrons. The second-order valence-corrected chi connectivity index (χ2v) is 5.36. The van der Waals surface area contributed by atoms with Crippen LogP contribution in [0.1, 0.15) is 20.3 Å². The van der Waals surface area contributed by atoms with E-state index in [4.69, 9.17) is 9.84 Å². The molecule has 0 radical (unpaired) electrons. The van der Waals surface area contributed by atoms with Crippen LogP contribution >= 0.6 is 0 Å². The van der Waals surface area contributed by atoms with Gasteiger partial charge in [-0.3, -0.25) is 0 Å². The molecular formula is C19H25N3O2. The number of anilines is 1. The zero-order chi connectivity index (χ0) is 17.2. The molecular weight excluding hydrogens is 302 g/mol. The fourth-order valence-electron chi connectivity index (χ4n) is 2.27. The first kappa shape index (κ1) is 17.9. The third-order valence-corrected chi connectivity index (χ3v) is 3.56. The topological polar surface area (TPSA) is 57.4 Å². The molecule has 0 aromatic heterocycles. The Bertz CT molecular complexity index is 624. The Hall–Kier alpha value is -2.40. The molecule has 2 aromatic carbocycles. The van der Waals surface area contributed by atoms with E-state index in [1.807, 2.05) is 48.5 Å². The van der Waals surface area contributed by atoms with Crippen molar-refractivity contribution >= 4 is 17.1 Å². The molecule has 1 N–H and O–H groups in total. The quantitative estimate of drug-likeness (QED) is 0.679. The molecule has 0 saturated carbocycles. The van der Waals surface area contributed by atoms with E-state index in [0.717, 1.165) is 42.4 Å². The van der Waals surface area contributed by atoms with Crippen molar-refractivity contribution in [1.29, 1.82) is 0 Å². The Balaban J connectivity index is 1.98. The highest BCUT2D eigenvalue weighted by atomic mass is 16.5. The summed E-state index contributed by atoms with van der Waals surface area (Å²) in [6.07, 6.45) is 0.991. The Labute approximate surface area is 143 Å². The van der Waals surface area contributed by atoms with Gasteiger partial charge in [0, 0.05) is 18.8 Å². The molecule has 0 bridgehead atoms. The number of azo groups is 1. The largest absolute Gasteiger partial charge is 0.494 e. The van der Waals surface area contributed by atoms with Crippen LogP contribution in [0.4, 0.5) is 17.1 Å². The molecule has 0 saturated heterocycles. The van der Waals surface area contributed by atoms with E-state index >= 15 is 0 Å². The van der Waals surface area contributed by atoms with Gasteiger partial charge in [0.15, 0.2) is 0 Å². The van der Waals surface area contributed by atoms with Crippen molar-refractivity contribution in [3.8, 4) is 5.75 Å². The van der Waals surface area contributed by atoms with E-state index in [9.17, 15) is 0 Å². The van der Waals surface area contributed by atoms with Gasteiger partial charge >= 0.3 is 0 Å². The number of hydrogen-bond donors (Lipinski definition) is 1. The first-order valence-electron chi connectivity index (χ1n) is 8.37. The summed E-state index contributed by atoms with van der Waals surface area (Å²) < 4.78 is 5.54. The Morgan fingerprint density at radius 2 is 1.50 bits per heavy atom. The number of aliphatic hydroxyl groups is 1. The summed E-state index contributed by atoms with van der Waals surface area (Å²) in [7, 11) is 0. The lowest BCUT2D eigenvalue weighted by Gasteiger charge is -2.21. The third kappa shape index (κ3) is 5.35. The minimum atomic E-state index is 0.146. The van der Waals surface area contributed by atoms with Crippen LogP contribution in [0.3, 0.4) is 0 Å². The average molecular weight is 327 g/mol. The molecule has 0 aliphatic carbocycles. The van der Waals surface area contributed by atoms with Crippen LogP contribution in [0, 0.1) is 0 Å². The lowest BCUT2D eigenvalue weighted by Crippen LogP contribution is -2.25. The van der Waals surface area contributed by atoms with E-state index in [0.29, 0.717) is 6.54 Å². The summed E-state index contributed by atoms with van der Waals surface area (Å²) in [6.45, 7) is 6.50. The van der Waals surface area contributed by atoms with Crippen molar-refractivity contribution < 1.29 is 9.84 Å². The molecule has 2 rings (SSSR count). The lowest BCUT2D eigenvalue weighted by molar-refractivity contribution is 0.302. The summed E-state index contributed by atoms with van der Waals surface area (Å²) >= 11 is 0. The predicted molar refractivity (Wildman–Crippen MR) is 97.8 cm³/mol. The van der Waals surface area contributed by atoms with Crippen molar-refractivity contribution in [2.75, 3.05) is 31.2 Å². The van der Waals surface area contributed by atoms with Crippen molar-refractivity contribution in [2.24, 2.45) is 10.2 Å². The molecule has 5 heteroatoms. The minimum absolute atomic E-state index is 0.146. The maximum atomic E-state index is 9.08. The predicted octanol–water partition coefficient (Wildman–Crippen LogP) is 4.71. The second kappa shape index (κ2) is 9.67. The molecule has 2 aromatic rings. The van der Waals surface area contributed by atoms with Gasteiger partial charge in [-0.25, -0.2) is 0 Å². The number of hydrogen-bond acceptors (Lipinski definition) is 5. The molecule has 0 spiro atoms. The normalized spacial score (nSPS) is 11.0. The van der Waals surface area contributed by atoms with Crippen LogP contribution in [-0.2, 0) is 0 Å². The number of benzene rings is 2. The summed E-state index contributed by atoms with van der Waals surface area (Å²) in [5, 5.41) is 17.6. The zero-order valence-corrected chi connectivity index (χ0v) is 14.4. The van der Waals surface area contributed by atoms with E-state index in [-0.39, 0.29) is 6.61 Å². The van der Waals surface area contributed by atoms with Crippen molar-refractivity contribution in [3.63, 3.8) is 0 Å². The molecule has 0 unspecified atom stereocenters. The van der Waals surface area contributed by atoms with Crippen molar-refractivity contribution in [3.05, 3.63) is 48.5 Å². The van der Waals surface area contributed by atoms with E-state index < -0.39 is 0 Å². The number of nitrogens with zero attached hydrogens (tertiary/aromatic N) is 3. The van der Waals surface area contributed by atoms with Crippen LogP contribution in [-0.4, -0.2) is 31.4 Å². The molecule has 5 nitrogen and oxygen atoms in total. The van der Waals surface area contributed by atoms with E-state index in [1.165, 1.54) is 0 Å². The molecule has 0 atom stereocenters. The first-order chi connectivity index (χ1) is 11.8. The highest BCUT2D eigenvalue weighted by molar-refractivity contribution is 5.53. The van der Waals surface area contributed by atoms with E-state index in [2.05, 4.69) is 29.0 Å². The summed E-state index contributed by atoms with van der Waals surface area (Å²) in [6, 6.07) is 15.4. The highest BCUT2D eigenvalue weighted by Crippen LogP contribution is 2.23. The third-order valence-electron chi connectivity index (χ3n) is 3.56. The maximum absolute atomic E-state index is 9.08. The van der Waals surface area contributed by atoms with Crippen LogP contribution < -0.4 is 9.64 Å². The monoisotopic (exact) mass is 327 g/mol. The summed E-state index contributed by atoms with van der Waals surface area (Å²) in [5.41, 5.74) is 2.66. The molecule has 0 heterocycles. The van der Waals surface area contributed by atoms with Gasteiger partial charge in [-0.2, -0.15) is 10.2 Å². The smallest absolute Gasteiger partial charge is 0.119 e. The van der Waals surface area contributed by atoms with Gasteiger partial charge in [-0.1, -0.05) is 6.92 Å². The lowest BCUT2D eigenvalue weighted by atomic mass is 10.2. The van der Waals surface area contributed by atoms with Crippen molar-refractivity contribution in [2.45, 2.75) is 20.3 Å². The molecule has 24 heavy (non-hydrogen) atoms. The molecule has 0 amide bonds. The molecule has 0 aliphatic rings. The Kier molecular flexibility index (Phi) is 7.23. The number of aliphatic hydroxyl groups excluding tert-OH is 1. The maximum Gasteiger partial charge on any atom is 0.119 e. The van der Waals surface area contributed by atoms with Gasteiger partial charge in [-0.05, 0) is 61.9 Å². The number of ether oxygens (including phenoxy) is 1. The first-order valence-corrected chi connectivity index (χ1v) is 8.37. The van der Waals surface area contributed by atoms with Gasteiger partial charge < -0.3 is 14.7 Å². The van der Waals surface area contributed by atoms with Crippen LogP contribution in [0.2, 0.25) is 0 Å². The summed E-state index contributed by atoms with van der Waals surface area (Å²) in [4.78, 5) is 2.11. The van der Waals surface area contributed by atoms with Crippen LogP contribution in [0.5, 0.6) is 5.75 Å². The zero-order valence-electron chi connectivity index (χ0n) is 14.4. The fourth-order valence-corrected chi connectivity index (χ4v) is 2.27. The Morgan fingerprint density at radius 3 is 2.00 bits per heavy atom. The molecule has 0 aliphatic heterocycles. The number of rotatable bonds is 9. The average Bonchev–Trinajstić information content (AvgIpc) is 2.64. The number of likely N-dealkylation sites (N-methyl/N-ethyl adjacent to an activating group) is 1. The van der Waals surface area contributed by atoms with Gasteiger partial charge in [0.25, 0.3) is 0 Å². The van der Waals surface area contributed by atoms with E-state index in [1.54, 1.807) is 0 Å². The Morgan fingerprint density at radius 1 is 0.917 bits per heavy atom. The molecule has 0 fully saturated rings. The second-order valence-electron chi connectivity index (χ2n) is 5.36. The SMILES string of the molecule is CCCOc1ccc(/N=N/c2ccc(N(CC)CCO)cc2)cc1. The minimum Gasteiger partial charge on any atom is -0.494 e. The van der Waals surface area contributed by atoms with Gasteiger partial charge in [-0.15, -0.1) is 0 Å². The standard InChI is InChI=1S/C19H25N3O2/c1-3-15-24-19-11-7-17(8-12-19)21-20-16-5-9-18(10-6-16)22(4-2)13-14-23/h5-12,23H,3-4,13-15H2,1-2H3/b21-20+. The highest BCUT2D eigenvalue weighted by Gasteiger charge is 2.03. The van der Waals surface area contributed by atoms with Gasteiger partial charge in [0.1, 0.15) is 5.75 Å².